The maximum Gasteiger partial charge on any atom is 0.269 e. The third-order valence-electron chi connectivity index (χ3n) is 6.43. The molecule has 2 amide bonds. The molecule has 2 heterocycles. The van der Waals surface area contributed by atoms with Crippen LogP contribution in [0, 0.1) is 17.2 Å². The van der Waals surface area contributed by atoms with Gasteiger partial charge in [-0.05, 0) is 31.0 Å². The van der Waals surface area contributed by atoms with Gasteiger partial charge in [0.05, 0.1) is 23.0 Å². The van der Waals surface area contributed by atoms with Crippen LogP contribution in [0.3, 0.4) is 0 Å². The van der Waals surface area contributed by atoms with E-state index in [2.05, 4.69) is 21.6 Å². The van der Waals surface area contributed by atoms with E-state index in [1.165, 1.54) is 0 Å². The number of nitriles is 1. The second kappa shape index (κ2) is 9.82. The summed E-state index contributed by atoms with van der Waals surface area (Å²) in [5, 5.41) is 15.0. The summed E-state index contributed by atoms with van der Waals surface area (Å²) in [4.78, 5) is 33.4. The van der Waals surface area contributed by atoms with Crippen LogP contribution in [0.2, 0.25) is 0 Å². The molecule has 1 saturated heterocycles. The van der Waals surface area contributed by atoms with Crippen molar-refractivity contribution in [3.05, 3.63) is 95.6 Å². The predicted octanol–water partition coefficient (Wildman–Crippen LogP) is 3.97. The first-order valence-electron chi connectivity index (χ1n) is 11.7. The van der Waals surface area contributed by atoms with E-state index in [1.807, 2.05) is 72.8 Å². The summed E-state index contributed by atoms with van der Waals surface area (Å²) in [5.74, 6) is -0.719. The molecule has 2 aliphatic heterocycles. The third-order valence-corrected chi connectivity index (χ3v) is 6.43. The number of para-hydroxylation sites is 2. The molecule has 3 aromatic rings. The molecule has 0 spiro atoms. The highest BCUT2D eigenvalue weighted by atomic mass is 16.2. The van der Waals surface area contributed by atoms with Crippen LogP contribution < -0.4 is 15.5 Å². The van der Waals surface area contributed by atoms with Gasteiger partial charge in [-0.3, -0.25) is 9.59 Å². The number of benzene rings is 3. The molecule has 1 atom stereocenters. The zero-order valence-corrected chi connectivity index (χ0v) is 19.1. The van der Waals surface area contributed by atoms with Gasteiger partial charge in [0.1, 0.15) is 0 Å². The molecule has 0 radical (unpaired) electrons. The minimum Gasteiger partial charge on any atom is -0.371 e. The maximum atomic E-state index is 13.4. The van der Waals surface area contributed by atoms with Crippen LogP contribution in [0.4, 0.5) is 11.4 Å². The average Bonchev–Trinajstić information content (AvgIpc) is 3.05. The summed E-state index contributed by atoms with van der Waals surface area (Å²) in [6, 6.07) is 26.8. The number of piperidine rings is 1. The number of hydrogen-bond donors (Lipinski definition) is 2. The highest BCUT2D eigenvalue weighted by Crippen LogP contribution is 2.27. The van der Waals surface area contributed by atoms with Crippen LogP contribution in [0.25, 0.3) is 0 Å². The number of fused-ring (bicyclic) bond motifs is 1. The fraction of sp³-hybridized carbons (Fsp3) is 0.214. The van der Waals surface area contributed by atoms with Crippen molar-refractivity contribution in [1.82, 2.24) is 5.32 Å². The van der Waals surface area contributed by atoms with Gasteiger partial charge in [0.25, 0.3) is 11.8 Å². The van der Waals surface area contributed by atoms with Crippen molar-refractivity contribution in [3.8, 4) is 6.07 Å². The van der Waals surface area contributed by atoms with Crippen LogP contribution in [-0.4, -0.2) is 36.8 Å². The van der Waals surface area contributed by atoms with Gasteiger partial charge in [-0.25, -0.2) is 4.99 Å². The minimum absolute atomic E-state index is 0.0503. The van der Waals surface area contributed by atoms with Crippen LogP contribution in [0.1, 0.15) is 34.3 Å². The largest absolute Gasteiger partial charge is 0.371 e. The second-order valence-corrected chi connectivity index (χ2v) is 8.66. The highest BCUT2D eigenvalue weighted by molar-refractivity contribution is 6.20. The van der Waals surface area contributed by atoms with E-state index >= 15 is 0 Å². The van der Waals surface area contributed by atoms with Crippen molar-refractivity contribution >= 4 is 28.9 Å². The van der Waals surface area contributed by atoms with E-state index < -0.39 is 12.1 Å². The number of amides is 2. The Morgan fingerprint density at radius 3 is 2.43 bits per heavy atom. The maximum absolute atomic E-state index is 13.4. The van der Waals surface area contributed by atoms with Crippen LogP contribution in [0.15, 0.2) is 83.9 Å². The lowest BCUT2D eigenvalue weighted by atomic mass is 9.97. The van der Waals surface area contributed by atoms with E-state index in [4.69, 9.17) is 4.99 Å². The van der Waals surface area contributed by atoms with Gasteiger partial charge < -0.3 is 15.5 Å². The Morgan fingerprint density at radius 1 is 0.971 bits per heavy atom. The van der Waals surface area contributed by atoms with Gasteiger partial charge in [-0.2, -0.15) is 5.26 Å². The van der Waals surface area contributed by atoms with Crippen molar-refractivity contribution in [2.24, 2.45) is 10.9 Å². The molecule has 0 aliphatic carbocycles. The van der Waals surface area contributed by atoms with Gasteiger partial charge in [-0.15, -0.1) is 0 Å². The molecule has 2 N–H and O–H groups in total. The van der Waals surface area contributed by atoms with Gasteiger partial charge in [-0.1, -0.05) is 60.7 Å². The van der Waals surface area contributed by atoms with E-state index in [0.29, 0.717) is 30.1 Å². The number of benzodiazepines with no additional fused rings is 1. The Hall–Kier alpha value is -4.44. The molecule has 7 nitrogen and oxygen atoms in total. The lowest BCUT2D eigenvalue weighted by Crippen LogP contribution is -2.43. The summed E-state index contributed by atoms with van der Waals surface area (Å²) in [6.45, 7) is 1.41. The first-order chi connectivity index (χ1) is 17.1. The van der Waals surface area contributed by atoms with Gasteiger partial charge in [0, 0.05) is 35.8 Å². The summed E-state index contributed by atoms with van der Waals surface area (Å²) < 4.78 is 0. The van der Waals surface area contributed by atoms with Gasteiger partial charge in [0.15, 0.2) is 0 Å². The van der Waals surface area contributed by atoms with Crippen molar-refractivity contribution < 1.29 is 9.59 Å². The Morgan fingerprint density at radius 2 is 1.66 bits per heavy atom. The van der Waals surface area contributed by atoms with E-state index in [9.17, 15) is 14.9 Å². The number of carbonyl (C=O) groups excluding carboxylic acids is 2. The van der Waals surface area contributed by atoms with Crippen molar-refractivity contribution in [1.29, 1.82) is 5.26 Å². The molecular weight excluding hydrogens is 438 g/mol. The fourth-order valence-electron chi connectivity index (χ4n) is 4.57. The smallest absolute Gasteiger partial charge is 0.269 e. The molecular formula is C28H25N5O2. The van der Waals surface area contributed by atoms with E-state index in [-0.39, 0.29) is 11.8 Å². The number of nitrogens with one attached hydrogen (secondary N) is 2. The molecule has 1 unspecified atom stereocenters. The van der Waals surface area contributed by atoms with Crippen LogP contribution in [-0.2, 0) is 4.79 Å². The van der Waals surface area contributed by atoms with Crippen molar-refractivity contribution in [3.63, 3.8) is 0 Å². The van der Waals surface area contributed by atoms with E-state index in [0.717, 1.165) is 29.7 Å². The summed E-state index contributed by atoms with van der Waals surface area (Å²) in [5.41, 5.74) is 4.22. The standard InChI is InChI=1S/C28H25N5O2/c29-18-19-14-16-33(17-15-19)24-13-7-5-11-22(24)27(34)32-26-28(35)30-23-12-6-4-10-21(23)25(31-26)20-8-2-1-3-9-20/h1-13,19,26H,14-17H2,(H,30,35)(H,32,34). The first-order valence-corrected chi connectivity index (χ1v) is 11.7. The molecule has 0 saturated carbocycles. The first kappa shape index (κ1) is 22.4. The summed E-state index contributed by atoms with van der Waals surface area (Å²) in [6.07, 6.45) is 0.434. The van der Waals surface area contributed by atoms with Crippen LogP contribution >= 0.6 is 0 Å². The highest BCUT2D eigenvalue weighted by Gasteiger charge is 2.29. The molecule has 174 valence electrons. The third kappa shape index (κ3) is 4.64. The molecule has 5 rings (SSSR count). The van der Waals surface area contributed by atoms with Crippen molar-refractivity contribution in [2.75, 3.05) is 23.3 Å². The molecule has 2 aliphatic rings. The number of hydrogen-bond acceptors (Lipinski definition) is 5. The number of carbonyl (C=O) groups is 2. The summed E-state index contributed by atoms with van der Waals surface area (Å²) in [7, 11) is 0. The zero-order valence-electron chi connectivity index (χ0n) is 19.1. The molecule has 35 heavy (non-hydrogen) atoms. The van der Waals surface area contributed by atoms with Gasteiger partial charge in [0.2, 0.25) is 6.17 Å². The monoisotopic (exact) mass is 463 g/mol. The van der Waals surface area contributed by atoms with Crippen molar-refractivity contribution in [2.45, 2.75) is 19.0 Å². The second-order valence-electron chi connectivity index (χ2n) is 8.66. The Balaban J connectivity index is 1.45. The Kier molecular flexibility index (Phi) is 6.27. The molecule has 7 heteroatoms. The molecule has 0 aromatic heterocycles. The lowest BCUT2D eigenvalue weighted by Gasteiger charge is -2.32. The number of aliphatic imine (C=N–C) groups is 1. The normalized spacial score (nSPS) is 17.9. The zero-order chi connectivity index (χ0) is 24.2. The fourth-order valence-corrected chi connectivity index (χ4v) is 4.57. The van der Waals surface area contributed by atoms with E-state index in [1.54, 1.807) is 6.07 Å². The average molecular weight is 464 g/mol. The Bertz CT molecular complexity index is 1320. The SMILES string of the molecule is N#CC1CCN(c2ccccc2C(=O)NC2N=C(c3ccccc3)c3ccccc3NC2=O)CC1. The Labute approximate surface area is 204 Å². The lowest BCUT2D eigenvalue weighted by molar-refractivity contribution is -0.117. The minimum atomic E-state index is -1.09. The molecule has 3 aromatic carbocycles. The topological polar surface area (TPSA) is 97.6 Å². The predicted molar refractivity (Wildman–Crippen MR) is 135 cm³/mol. The molecule has 0 bridgehead atoms. The number of rotatable bonds is 4. The number of anilines is 2. The van der Waals surface area contributed by atoms with Gasteiger partial charge >= 0.3 is 0 Å². The quantitative estimate of drug-likeness (QED) is 0.612. The number of nitrogens with zero attached hydrogens (tertiary/aromatic N) is 3. The molecule has 1 fully saturated rings. The summed E-state index contributed by atoms with van der Waals surface area (Å²) >= 11 is 0. The van der Waals surface area contributed by atoms with Crippen LogP contribution in [0.5, 0.6) is 0 Å².